The van der Waals surface area contributed by atoms with Crippen molar-refractivity contribution < 1.29 is 0 Å². The van der Waals surface area contributed by atoms with Crippen LogP contribution in [0.25, 0.3) is 77.4 Å². The van der Waals surface area contributed by atoms with Crippen LogP contribution in [-0.4, -0.2) is 5.87 Å². The number of nitrogens with one attached hydrogen (secondary N) is 1. The average Bonchev–Trinajstić information content (AvgIpc) is 0.845. The standard InChI is InChI=1S/C81H63N4/c1-48-35-64(80(5,6)7)36-49(2)76(48)78-66-31-27-60(56-19-11-52(44-82)12-20-56)39-70(66)74(71-40-61(28-32-67(71)78)57-21-13-53(45-83)14-22-57)43-75-72-41-62(58-23-15-54(46-84)16-24-58)29-33-68(72)79(77-50(3)37-65(38-51(77)4)81(8,9)10)69-34-30-63(42-73(69)75)59-25-17-55(47-85)18-26-59/h11-42,82H,1-10H3/q+1. The molecule has 0 unspecified atom stereocenters. The van der Waals surface area contributed by atoms with Crippen LogP contribution in [0.4, 0.5) is 0 Å². The van der Waals surface area contributed by atoms with Crippen LogP contribution in [0.5, 0.6) is 0 Å². The minimum absolute atomic E-state index is 0.0594. The number of benzene rings is 11. The van der Waals surface area contributed by atoms with Gasteiger partial charge in [-0.05, 0) is 252 Å². The number of nitriles is 3. The molecule has 0 bridgehead atoms. The first-order valence-electron chi connectivity index (χ1n) is 29.0. The van der Waals surface area contributed by atoms with E-state index in [2.05, 4.69) is 208 Å². The Hall–Kier alpha value is -10.5. The molecular formula is C81H63N4+. The Kier molecular flexibility index (Phi) is 13.8. The Morgan fingerprint density at radius 1 is 0.376 bits per heavy atom. The maximum absolute atomic E-state index is 9.91. The van der Waals surface area contributed by atoms with Gasteiger partial charge in [0.15, 0.2) is 0 Å². The van der Waals surface area contributed by atoms with E-state index in [0.29, 0.717) is 21.9 Å². The van der Waals surface area contributed by atoms with E-state index in [1.807, 2.05) is 84.9 Å². The number of rotatable bonds is 5. The molecule has 0 saturated heterocycles. The number of aryl methyl sites for hydroxylation is 4. The van der Waals surface area contributed by atoms with E-state index in [-0.39, 0.29) is 10.8 Å². The lowest BCUT2D eigenvalue weighted by molar-refractivity contribution is 0.589. The smallest absolute Gasteiger partial charge is 0.0991 e. The normalized spacial score (nSPS) is 12.0. The summed E-state index contributed by atoms with van der Waals surface area (Å²) in [4.78, 5) is 0. The second-order valence-corrected chi connectivity index (χ2v) is 24.9. The summed E-state index contributed by atoms with van der Waals surface area (Å²) in [7, 11) is 0. The number of nitrogens with zero attached hydrogens (tertiary/aromatic N) is 3. The predicted octanol–water partition coefficient (Wildman–Crippen LogP) is 18.2. The molecule has 1 aliphatic rings. The molecule has 406 valence electrons. The Balaban J connectivity index is 1.33. The molecule has 1 N–H and O–H groups in total. The van der Waals surface area contributed by atoms with Crippen LogP contribution in [-0.2, 0) is 10.8 Å². The van der Waals surface area contributed by atoms with Gasteiger partial charge in [0.05, 0.1) is 63.1 Å². The van der Waals surface area contributed by atoms with Crippen molar-refractivity contribution >= 4 is 38.7 Å². The quantitative estimate of drug-likeness (QED) is 0.106. The zero-order chi connectivity index (χ0) is 59.6. The molecule has 0 aromatic heterocycles. The minimum atomic E-state index is -0.0608. The van der Waals surface area contributed by atoms with Crippen LogP contribution < -0.4 is 10.4 Å². The highest BCUT2D eigenvalue weighted by molar-refractivity contribution is 6.15. The maximum atomic E-state index is 9.91. The summed E-state index contributed by atoms with van der Waals surface area (Å²) in [6.45, 7) is 22.6. The fraction of sp³-hybridized carbons (Fsp3) is 0.148. The second kappa shape index (κ2) is 21.4. The Morgan fingerprint density at radius 2 is 0.765 bits per heavy atom. The van der Waals surface area contributed by atoms with Gasteiger partial charge >= 0.3 is 0 Å². The summed E-state index contributed by atoms with van der Waals surface area (Å²) >= 11 is 0. The molecule has 1 aliphatic carbocycles. The summed E-state index contributed by atoms with van der Waals surface area (Å²) in [6.07, 6.45) is 0. The topological polar surface area (TPSA) is 95.2 Å². The van der Waals surface area contributed by atoms with Crippen molar-refractivity contribution in [1.82, 2.24) is 0 Å². The highest BCUT2D eigenvalue weighted by Crippen LogP contribution is 2.50. The Morgan fingerprint density at radius 3 is 1.20 bits per heavy atom. The van der Waals surface area contributed by atoms with Gasteiger partial charge in [0.25, 0.3) is 0 Å². The lowest BCUT2D eigenvalue weighted by atomic mass is 9.69. The molecule has 0 aliphatic heterocycles. The van der Waals surface area contributed by atoms with E-state index in [1.54, 1.807) is 0 Å². The molecule has 0 radical (unpaired) electrons. The Bertz CT molecular complexity index is 4870. The van der Waals surface area contributed by atoms with Crippen molar-refractivity contribution in [3.8, 4) is 62.7 Å². The van der Waals surface area contributed by atoms with Crippen LogP contribution in [0.1, 0.15) is 119 Å². The van der Waals surface area contributed by atoms with E-state index in [4.69, 9.17) is 5.41 Å². The highest BCUT2D eigenvalue weighted by atomic mass is 14.4. The van der Waals surface area contributed by atoms with Gasteiger partial charge < -0.3 is 0 Å². The minimum Gasteiger partial charge on any atom is -0.258 e. The van der Waals surface area contributed by atoms with Crippen LogP contribution in [0.2, 0.25) is 0 Å². The van der Waals surface area contributed by atoms with Crippen molar-refractivity contribution in [1.29, 1.82) is 21.2 Å². The van der Waals surface area contributed by atoms with Crippen molar-refractivity contribution in [2.45, 2.75) is 80.1 Å². The summed E-state index contributed by atoms with van der Waals surface area (Å²) in [5.41, 5.74) is 28.1. The molecule has 0 spiro atoms. The lowest BCUT2D eigenvalue weighted by Crippen LogP contribution is -2.19. The van der Waals surface area contributed by atoms with E-state index < -0.39 is 0 Å². The van der Waals surface area contributed by atoms with Gasteiger partial charge in [0.1, 0.15) is 0 Å². The van der Waals surface area contributed by atoms with Gasteiger partial charge in [-0.2, -0.15) is 15.8 Å². The average molecular weight is 1090 g/mol. The molecule has 0 heterocycles. The van der Waals surface area contributed by atoms with Crippen LogP contribution >= 0.6 is 0 Å². The molecule has 0 saturated carbocycles. The van der Waals surface area contributed by atoms with Gasteiger partial charge in [-0.15, -0.1) is 0 Å². The molecule has 12 rings (SSSR count). The molecule has 11 aromatic rings. The number of hydrogen-bond acceptors (Lipinski definition) is 4. The molecule has 11 aromatic carbocycles. The second-order valence-electron chi connectivity index (χ2n) is 24.9. The van der Waals surface area contributed by atoms with Gasteiger partial charge in [-0.1, -0.05) is 132 Å². The monoisotopic (exact) mass is 1090 g/mol. The van der Waals surface area contributed by atoms with Gasteiger partial charge in [0.2, 0.25) is 0 Å². The van der Waals surface area contributed by atoms with E-state index >= 15 is 0 Å². The summed E-state index contributed by atoms with van der Waals surface area (Å²) in [6, 6.07) is 75.3. The number of fused-ring (bicyclic) bond motifs is 4. The van der Waals surface area contributed by atoms with Crippen molar-refractivity contribution in [2.24, 2.45) is 0 Å². The van der Waals surface area contributed by atoms with Crippen molar-refractivity contribution in [3.05, 3.63) is 299 Å². The van der Waals surface area contributed by atoms with E-state index in [0.717, 1.165) is 110 Å². The summed E-state index contributed by atoms with van der Waals surface area (Å²) < 4.78 is 0. The molecule has 0 fully saturated rings. The molecule has 0 amide bonds. The molecule has 4 heteroatoms. The lowest BCUT2D eigenvalue weighted by Gasteiger charge is -2.29. The van der Waals surface area contributed by atoms with E-state index in [9.17, 15) is 15.8 Å². The maximum Gasteiger partial charge on any atom is 0.0991 e. The van der Waals surface area contributed by atoms with Gasteiger partial charge in [-0.25, -0.2) is 0 Å². The molecular weight excluding hydrogens is 1030 g/mol. The molecule has 0 atom stereocenters. The summed E-state index contributed by atoms with van der Waals surface area (Å²) in [5.74, 6) is 3.71. The van der Waals surface area contributed by atoms with E-state index in [1.165, 1.54) is 44.5 Å². The fourth-order valence-corrected chi connectivity index (χ4v) is 12.6. The van der Waals surface area contributed by atoms with Crippen LogP contribution in [0.15, 0.2) is 194 Å². The first kappa shape index (κ1) is 55.1. The number of hydrogen-bond donors (Lipinski definition) is 1. The predicted molar refractivity (Wildman–Crippen MR) is 350 cm³/mol. The first-order chi connectivity index (χ1) is 40.8. The summed E-state index contributed by atoms with van der Waals surface area (Å²) in [5, 5.41) is 45.6. The van der Waals surface area contributed by atoms with Crippen LogP contribution in [0.3, 0.4) is 0 Å². The molecule has 4 nitrogen and oxygen atoms in total. The van der Waals surface area contributed by atoms with Crippen LogP contribution in [0, 0.1) is 83.5 Å². The first-order valence-corrected chi connectivity index (χ1v) is 29.0. The fourth-order valence-electron chi connectivity index (χ4n) is 12.6. The molecule has 85 heavy (non-hydrogen) atoms. The third-order valence-electron chi connectivity index (χ3n) is 17.2. The SMILES string of the molecule is Cc1cc(C(C)(C)C)cc(C)c1-c1c2ccc(-c3ccc(C#N)cc3)cc2c(=C=C2c3cc(-c4ccc(C#N)cc4)ccc3[C+](c3c(C)cc(C(C)(C)C)cc3C)c3ccc(-c4ccc(C#N)cc4)cc32)c2cc(=c3ccc(=C=N)cc3)ccc12. The highest BCUT2D eigenvalue weighted by Gasteiger charge is 2.39. The zero-order valence-corrected chi connectivity index (χ0v) is 49.8. The van der Waals surface area contributed by atoms with Crippen molar-refractivity contribution in [3.63, 3.8) is 0 Å². The van der Waals surface area contributed by atoms with Gasteiger partial charge in [0, 0.05) is 32.7 Å². The largest absolute Gasteiger partial charge is 0.258 e. The van der Waals surface area contributed by atoms with Gasteiger partial charge in [-0.3, -0.25) is 5.41 Å². The zero-order valence-electron chi connectivity index (χ0n) is 49.8. The Labute approximate surface area is 498 Å². The third-order valence-corrected chi connectivity index (χ3v) is 17.2. The third kappa shape index (κ3) is 10.0. The van der Waals surface area contributed by atoms with Crippen molar-refractivity contribution in [2.75, 3.05) is 0 Å².